The molecule has 2 nitrogen and oxygen atoms in total. The van der Waals surface area contributed by atoms with Crippen molar-refractivity contribution < 1.29 is 9.59 Å². The van der Waals surface area contributed by atoms with E-state index in [4.69, 9.17) is 0 Å². The van der Waals surface area contributed by atoms with E-state index in [1.165, 1.54) is 11.1 Å². The van der Waals surface area contributed by atoms with E-state index in [0.717, 1.165) is 25.7 Å². The van der Waals surface area contributed by atoms with Crippen LogP contribution in [0.1, 0.15) is 46.5 Å². The smallest absolute Gasteiger partial charge is 0.178 e. The number of fused-ring (bicyclic) bond motifs is 5. The molecule has 0 N–H and O–H groups in total. The lowest BCUT2D eigenvalue weighted by Crippen LogP contribution is -2.43. The van der Waals surface area contributed by atoms with E-state index in [0.29, 0.717) is 17.6 Å². The SMILES string of the molecule is C[C@H]1C[C@@H]2[C@@H]3CCC4=CC(=O)C=C[C@]4(C)C3=CC[C@]2(C)C1=O. The highest BCUT2D eigenvalue weighted by atomic mass is 16.1. The van der Waals surface area contributed by atoms with E-state index in [1.807, 2.05) is 6.08 Å². The second kappa shape index (κ2) is 4.31. The van der Waals surface area contributed by atoms with Crippen molar-refractivity contribution in [3.63, 3.8) is 0 Å². The average molecular weight is 296 g/mol. The van der Waals surface area contributed by atoms with Gasteiger partial charge in [0.15, 0.2) is 5.78 Å². The second-order valence-electron chi connectivity index (χ2n) is 8.14. The van der Waals surface area contributed by atoms with Crippen molar-refractivity contribution >= 4 is 11.6 Å². The Morgan fingerprint density at radius 1 is 1.23 bits per heavy atom. The Hall–Kier alpha value is -1.44. The van der Waals surface area contributed by atoms with Crippen molar-refractivity contribution in [3.05, 3.63) is 35.5 Å². The van der Waals surface area contributed by atoms with Crippen molar-refractivity contribution in [1.82, 2.24) is 0 Å². The van der Waals surface area contributed by atoms with Gasteiger partial charge in [-0.15, -0.1) is 0 Å². The van der Waals surface area contributed by atoms with E-state index in [-0.39, 0.29) is 22.5 Å². The lowest BCUT2D eigenvalue weighted by molar-refractivity contribution is -0.129. The van der Waals surface area contributed by atoms with Crippen LogP contribution in [-0.2, 0) is 9.59 Å². The number of carbonyl (C=O) groups excluding carboxylic acids is 2. The Labute approximate surface area is 132 Å². The molecule has 4 aliphatic rings. The highest BCUT2D eigenvalue weighted by molar-refractivity contribution is 6.01. The van der Waals surface area contributed by atoms with E-state index in [1.54, 1.807) is 6.08 Å². The minimum absolute atomic E-state index is 0.0902. The van der Waals surface area contributed by atoms with E-state index >= 15 is 0 Å². The summed E-state index contributed by atoms with van der Waals surface area (Å²) in [5.41, 5.74) is 2.49. The summed E-state index contributed by atoms with van der Waals surface area (Å²) < 4.78 is 0. The Bertz CT molecular complexity index is 665. The summed E-state index contributed by atoms with van der Waals surface area (Å²) in [6.07, 6.45) is 12.0. The first-order valence-corrected chi connectivity index (χ1v) is 8.55. The maximum Gasteiger partial charge on any atom is 0.178 e. The summed E-state index contributed by atoms with van der Waals surface area (Å²) in [6, 6.07) is 0. The third-order valence-corrected chi connectivity index (χ3v) is 6.96. The van der Waals surface area contributed by atoms with E-state index in [9.17, 15) is 9.59 Å². The van der Waals surface area contributed by atoms with Gasteiger partial charge in [0.2, 0.25) is 0 Å². The molecule has 2 fully saturated rings. The van der Waals surface area contributed by atoms with Crippen molar-refractivity contribution in [2.45, 2.75) is 46.5 Å². The Morgan fingerprint density at radius 2 is 2.00 bits per heavy atom. The quantitative estimate of drug-likeness (QED) is 0.632. The summed E-state index contributed by atoms with van der Waals surface area (Å²) in [5, 5.41) is 0. The zero-order valence-electron chi connectivity index (χ0n) is 13.7. The number of Topliss-reactive ketones (excluding diaryl/α,β-unsaturated/α-hetero) is 1. The Morgan fingerprint density at radius 3 is 2.77 bits per heavy atom. The van der Waals surface area contributed by atoms with Crippen LogP contribution in [0.15, 0.2) is 35.5 Å². The molecule has 0 aromatic heterocycles. The van der Waals surface area contributed by atoms with Crippen molar-refractivity contribution in [3.8, 4) is 0 Å². The molecule has 0 radical (unpaired) electrons. The molecule has 0 aromatic rings. The zero-order valence-corrected chi connectivity index (χ0v) is 13.7. The van der Waals surface area contributed by atoms with Gasteiger partial charge in [-0.05, 0) is 56.6 Å². The number of allylic oxidation sites excluding steroid dienone is 6. The molecule has 2 saturated carbocycles. The van der Waals surface area contributed by atoms with Gasteiger partial charge in [-0.3, -0.25) is 9.59 Å². The molecule has 0 unspecified atom stereocenters. The summed E-state index contributed by atoms with van der Waals surface area (Å²) in [4.78, 5) is 24.4. The molecule has 5 atom stereocenters. The molecule has 4 aliphatic carbocycles. The number of ketones is 2. The highest BCUT2D eigenvalue weighted by Crippen LogP contribution is 2.61. The maximum atomic E-state index is 12.6. The summed E-state index contributed by atoms with van der Waals surface area (Å²) in [7, 11) is 0. The molecular formula is C20H24O2. The third-order valence-electron chi connectivity index (χ3n) is 6.96. The van der Waals surface area contributed by atoms with Crippen molar-refractivity contribution in [2.75, 3.05) is 0 Å². The molecule has 0 amide bonds. The zero-order chi connectivity index (χ0) is 15.7. The molecule has 22 heavy (non-hydrogen) atoms. The fraction of sp³-hybridized carbons (Fsp3) is 0.600. The molecule has 0 aliphatic heterocycles. The molecule has 4 rings (SSSR count). The van der Waals surface area contributed by atoms with Gasteiger partial charge in [0.1, 0.15) is 5.78 Å². The van der Waals surface area contributed by atoms with Crippen LogP contribution in [0.3, 0.4) is 0 Å². The first-order valence-electron chi connectivity index (χ1n) is 8.55. The number of rotatable bonds is 0. The van der Waals surface area contributed by atoms with Gasteiger partial charge in [-0.2, -0.15) is 0 Å². The average Bonchev–Trinajstić information content (AvgIpc) is 2.72. The first-order chi connectivity index (χ1) is 10.4. The van der Waals surface area contributed by atoms with Crippen LogP contribution in [0.5, 0.6) is 0 Å². The molecule has 0 spiro atoms. The third kappa shape index (κ3) is 1.61. The summed E-state index contributed by atoms with van der Waals surface area (Å²) in [5.74, 6) is 1.79. The van der Waals surface area contributed by atoms with Gasteiger partial charge >= 0.3 is 0 Å². The van der Waals surface area contributed by atoms with Crippen molar-refractivity contribution in [2.24, 2.45) is 28.6 Å². The molecule has 2 heteroatoms. The molecule has 116 valence electrons. The van der Waals surface area contributed by atoms with E-state index < -0.39 is 0 Å². The summed E-state index contributed by atoms with van der Waals surface area (Å²) in [6.45, 7) is 6.54. The molecule has 0 heterocycles. The van der Waals surface area contributed by atoms with Crippen LogP contribution in [-0.4, -0.2) is 11.6 Å². The lowest BCUT2D eigenvalue weighted by atomic mass is 9.53. The second-order valence-corrected chi connectivity index (χ2v) is 8.14. The van der Waals surface area contributed by atoms with Gasteiger partial charge in [0.05, 0.1) is 0 Å². The maximum absolute atomic E-state index is 12.6. The Kier molecular flexibility index (Phi) is 2.77. The van der Waals surface area contributed by atoms with Crippen LogP contribution < -0.4 is 0 Å². The summed E-state index contributed by atoms with van der Waals surface area (Å²) >= 11 is 0. The lowest BCUT2D eigenvalue weighted by Gasteiger charge is -2.50. The topological polar surface area (TPSA) is 34.1 Å². The van der Waals surface area contributed by atoms with Crippen LogP contribution in [0, 0.1) is 28.6 Å². The molecule has 0 saturated heterocycles. The standard InChI is InChI=1S/C20H24O2/c1-12-10-17-15-5-4-13-11-14(21)6-8-19(13,2)16(15)7-9-20(17,3)18(12)22/h6-8,11-12,15,17H,4-5,9-10H2,1-3H3/t12-,15+,17+,19-,20-/m0/s1. The number of carbonyl (C=O) groups is 2. The normalized spacial score (nSPS) is 46.6. The van der Waals surface area contributed by atoms with Gasteiger partial charge in [0, 0.05) is 16.7 Å². The predicted octanol–water partition coefficient (Wildman–Crippen LogP) is 4.03. The van der Waals surface area contributed by atoms with Crippen LogP contribution in [0.4, 0.5) is 0 Å². The predicted molar refractivity (Wildman–Crippen MR) is 86.1 cm³/mol. The van der Waals surface area contributed by atoms with Gasteiger partial charge in [0.25, 0.3) is 0 Å². The van der Waals surface area contributed by atoms with Crippen molar-refractivity contribution in [1.29, 1.82) is 0 Å². The monoisotopic (exact) mass is 296 g/mol. The molecule has 0 bridgehead atoms. The van der Waals surface area contributed by atoms with Crippen LogP contribution in [0.2, 0.25) is 0 Å². The molecule has 0 aromatic carbocycles. The minimum Gasteiger partial charge on any atom is -0.299 e. The highest BCUT2D eigenvalue weighted by Gasteiger charge is 2.57. The van der Waals surface area contributed by atoms with Gasteiger partial charge in [-0.1, -0.05) is 37.1 Å². The largest absolute Gasteiger partial charge is 0.299 e. The van der Waals surface area contributed by atoms with Crippen LogP contribution in [0.25, 0.3) is 0 Å². The van der Waals surface area contributed by atoms with E-state index in [2.05, 4.69) is 32.9 Å². The Balaban J connectivity index is 1.79. The first kappa shape index (κ1) is 14.2. The number of hydrogen-bond acceptors (Lipinski definition) is 2. The fourth-order valence-corrected chi connectivity index (χ4v) is 5.65. The van der Waals surface area contributed by atoms with Gasteiger partial charge < -0.3 is 0 Å². The minimum atomic E-state index is -0.153. The van der Waals surface area contributed by atoms with Crippen LogP contribution >= 0.6 is 0 Å². The number of hydrogen-bond donors (Lipinski definition) is 0. The van der Waals surface area contributed by atoms with Gasteiger partial charge in [-0.25, -0.2) is 0 Å². The molecular weight excluding hydrogens is 272 g/mol. The fourth-order valence-electron chi connectivity index (χ4n) is 5.65.